The fourth-order valence-corrected chi connectivity index (χ4v) is 3.76. The SMILES string of the molecule is C=C/C(Cl)=C\C=C(/CC1=C(c2ccc(N)c(C(=O)O)c2)CCC1)OCc1ccc(F)cc1F. The van der Waals surface area contributed by atoms with Gasteiger partial charge in [-0.25, -0.2) is 13.6 Å². The van der Waals surface area contributed by atoms with Crippen LogP contribution in [0.25, 0.3) is 5.57 Å². The van der Waals surface area contributed by atoms with Crippen molar-refractivity contribution >= 4 is 28.8 Å². The molecule has 4 nitrogen and oxygen atoms in total. The molecule has 0 unspecified atom stereocenters. The van der Waals surface area contributed by atoms with Gasteiger partial charge in [-0.2, -0.15) is 0 Å². The highest BCUT2D eigenvalue weighted by Gasteiger charge is 2.20. The molecule has 0 atom stereocenters. The minimum Gasteiger partial charge on any atom is -0.493 e. The highest BCUT2D eigenvalue weighted by atomic mass is 35.5. The fraction of sp³-hybridized carbons (Fsp3) is 0.192. The van der Waals surface area contributed by atoms with Gasteiger partial charge in [-0.05, 0) is 66.8 Å². The molecule has 0 aliphatic heterocycles. The van der Waals surface area contributed by atoms with Crippen molar-refractivity contribution in [3.63, 3.8) is 0 Å². The molecule has 0 saturated carbocycles. The molecule has 3 rings (SSSR count). The van der Waals surface area contributed by atoms with E-state index >= 15 is 0 Å². The number of anilines is 1. The van der Waals surface area contributed by atoms with E-state index in [1.807, 2.05) is 6.07 Å². The van der Waals surface area contributed by atoms with E-state index in [1.54, 1.807) is 24.3 Å². The van der Waals surface area contributed by atoms with Crippen LogP contribution >= 0.6 is 11.6 Å². The summed E-state index contributed by atoms with van der Waals surface area (Å²) in [4.78, 5) is 11.5. The number of carboxylic acid groups (broad SMARTS) is 1. The maximum Gasteiger partial charge on any atom is 0.337 e. The summed E-state index contributed by atoms with van der Waals surface area (Å²) in [7, 11) is 0. The van der Waals surface area contributed by atoms with Gasteiger partial charge in [0.15, 0.2) is 0 Å². The first-order chi connectivity index (χ1) is 15.8. The predicted octanol–water partition coefficient (Wildman–Crippen LogP) is 6.98. The van der Waals surface area contributed by atoms with E-state index in [-0.39, 0.29) is 23.4 Å². The van der Waals surface area contributed by atoms with Crippen molar-refractivity contribution < 1.29 is 23.4 Å². The van der Waals surface area contributed by atoms with Crippen LogP contribution in [0.5, 0.6) is 0 Å². The molecular weight excluding hydrogens is 448 g/mol. The van der Waals surface area contributed by atoms with Crippen LogP contribution in [0.2, 0.25) is 0 Å². The van der Waals surface area contributed by atoms with Crippen molar-refractivity contribution in [3.8, 4) is 0 Å². The van der Waals surface area contributed by atoms with E-state index in [4.69, 9.17) is 22.1 Å². The quantitative estimate of drug-likeness (QED) is 0.235. The number of nitrogens with two attached hydrogens (primary N) is 1. The van der Waals surface area contributed by atoms with Gasteiger partial charge < -0.3 is 15.6 Å². The molecule has 0 amide bonds. The summed E-state index contributed by atoms with van der Waals surface area (Å²) in [5, 5.41) is 9.81. The first-order valence-corrected chi connectivity index (χ1v) is 10.8. The van der Waals surface area contributed by atoms with E-state index in [1.165, 1.54) is 18.2 Å². The lowest BCUT2D eigenvalue weighted by Crippen LogP contribution is -2.03. The third kappa shape index (κ3) is 6.33. The van der Waals surface area contributed by atoms with Crippen LogP contribution in [0.4, 0.5) is 14.5 Å². The number of benzene rings is 2. The molecule has 3 N–H and O–H groups in total. The molecular formula is C26H24ClF2NO3. The summed E-state index contributed by atoms with van der Waals surface area (Å²) in [6, 6.07) is 8.34. The minimum absolute atomic E-state index is 0.0609. The van der Waals surface area contributed by atoms with Crippen LogP contribution in [-0.2, 0) is 11.3 Å². The summed E-state index contributed by atoms with van der Waals surface area (Å²) in [6.07, 6.45) is 7.76. The van der Waals surface area contributed by atoms with Gasteiger partial charge in [0.2, 0.25) is 0 Å². The van der Waals surface area contributed by atoms with E-state index in [0.717, 1.165) is 42.0 Å². The monoisotopic (exact) mass is 471 g/mol. The Morgan fingerprint density at radius 1 is 1.18 bits per heavy atom. The van der Waals surface area contributed by atoms with Crippen LogP contribution in [0.15, 0.2) is 77.6 Å². The highest BCUT2D eigenvalue weighted by Crippen LogP contribution is 2.38. The smallest absolute Gasteiger partial charge is 0.337 e. The largest absolute Gasteiger partial charge is 0.493 e. The van der Waals surface area contributed by atoms with Crippen molar-refractivity contribution in [2.75, 3.05) is 5.73 Å². The molecule has 172 valence electrons. The van der Waals surface area contributed by atoms with Crippen LogP contribution in [0, 0.1) is 11.6 Å². The number of hydrogen-bond acceptors (Lipinski definition) is 3. The number of allylic oxidation sites excluding steroid dienone is 6. The molecule has 0 radical (unpaired) electrons. The van der Waals surface area contributed by atoms with Crippen LogP contribution in [-0.4, -0.2) is 11.1 Å². The Morgan fingerprint density at radius 2 is 1.97 bits per heavy atom. The number of halogens is 3. The molecule has 2 aromatic rings. The topological polar surface area (TPSA) is 72.6 Å². The highest BCUT2D eigenvalue weighted by molar-refractivity contribution is 6.31. The summed E-state index contributed by atoms with van der Waals surface area (Å²) in [5.74, 6) is -1.87. The Morgan fingerprint density at radius 3 is 2.67 bits per heavy atom. The number of aromatic carboxylic acids is 1. The second-order valence-corrected chi connectivity index (χ2v) is 8.07. The second-order valence-electron chi connectivity index (χ2n) is 7.63. The zero-order valence-electron chi connectivity index (χ0n) is 17.9. The van der Waals surface area contributed by atoms with Crippen molar-refractivity contribution in [2.24, 2.45) is 0 Å². The van der Waals surface area contributed by atoms with Crippen LogP contribution < -0.4 is 5.73 Å². The van der Waals surface area contributed by atoms with Crippen LogP contribution in [0.3, 0.4) is 0 Å². The number of carbonyl (C=O) groups is 1. The molecule has 0 heterocycles. The molecule has 1 aliphatic rings. The Kier molecular flexibility index (Phi) is 8.06. The number of ether oxygens (including phenoxy) is 1. The van der Waals surface area contributed by atoms with E-state index in [9.17, 15) is 18.7 Å². The number of carboxylic acids is 1. The van der Waals surface area contributed by atoms with Gasteiger partial charge in [0.1, 0.15) is 24.0 Å². The summed E-state index contributed by atoms with van der Waals surface area (Å²) >= 11 is 6.03. The lowest BCUT2D eigenvalue weighted by Gasteiger charge is -2.14. The molecule has 7 heteroatoms. The molecule has 0 aromatic heterocycles. The third-order valence-corrected chi connectivity index (χ3v) is 5.68. The van der Waals surface area contributed by atoms with E-state index in [0.29, 0.717) is 17.2 Å². The predicted molar refractivity (Wildman–Crippen MR) is 127 cm³/mol. The summed E-state index contributed by atoms with van der Waals surface area (Å²) < 4.78 is 33.1. The fourth-order valence-electron chi connectivity index (χ4n) is 3.70. The van der Waals surface area contributed by atoms with Crippen molar-refractivity contribution in [2.45, 2.75) is 32.3 Å². The van der Waals surface area contributed by atoms with Gasteiger partial charge in [-0.1, -0.05) is 35.9 Å². The number of hydrogen-bond donors (Lipinski definition) is 2. The first kappa shape index (κ1) is 24.3. The Labute approximate surface area is 196 Å². The van der Waals surface area contributed by atoms with Crippen LogP contribution in [0.1, 0.15) is 47.2 Å². The zero-order valence-corrected chi connectivity index (χ0v) is 18.7. The van der Waals surface area contributed by atoms with Crippen molar-refractivity contribution in [1.82, 2.24) is 0 Å². The molecule has 0 spiro atoms. The van der Waals surface area contributed by atoms with Gasteiger partial charge in [0, 0.05) is 28.8 Å². The maximum absolute atomic E-state index is 14.0. The normalized spacial score (nSPS) is 14.5. The van der Waals surface area contributed by atoms with E-state index in [2.05, 4.69) is 6.58 Å². The lowest BCUT2D eigenvalue weighted by atomic mass is 9.97. The second kappa shape index (κ2) is 11.0. The van der Waals surface area contributed by atoms with Gasteiger partial charge >= 0.3 is 5.97 Å². The molecule has 0 saturated heterocycles. The Bertz CT molecular complexity index is 1170. The van der Waals surface area contributed by atoms with E-state index < -0.39 is 17.6 Å². The first-order valence-electron chi connectivity index (χ1n) is 10.4. The summed E-state index contributed by atoms with van der Waals surface area (Å²) in [5.41, 5.74) is 9.22. The molecule has 0 fully saturated rings. The van der Waals surface area contributed by atoms with Gasteiger partial charge in [-0.15, -0.1) is 0 Å². The molecule has 1 aliphatic carbocycles. The van der Waals surface area contributed by atoms with Gasteiger partial charge in [0.05, 0.1) is 5.56 Å². The van der Waals surface area contributed by atoms with Crippen molar-refractivity contribution in [1.29, 1.82) is 0 Å². The average Bonchev–Trinajstić information content (AvgIpc) is 3.24. The zero-order chi connectivity index (χ0) is 24.0. The molecule has 2 aromatic carbocycles. The lowest BCUT2D eigenvalue weighted by molar-refractivity contribution is 0.0698. The van der Waals surface area contributed by atoms with Gasteiger partial charge in [0.25, 0.3) is 0 Å². The number of nitrogen functional groups attached to an aromatic ring is 1. The minimum atomic E-state index is -1.08. The third-order valence-electron chi connectivity index (χ3n) is 5.40. The number of rotatable bonds is 9. The Hall–Kier alpha value is -3.38. The van der Waals surface area contributed by atoms with Crippen molar-refractivity contribution in [3.05, 3.63) is 106 Å². The molecule has 0 bridgehead atoms. The standard InChI is InChI=1S/C26H24ClF2NO3/c1-2-19(27)8-10-21(33-15-18-6-9-20(28)14-24(18)29)12-16-4-3-5-22(16)17-7-11-25(30)23(13-17)26(31)32/h2,6-11,13-14H,1,3-5,12,15,30H2,(H,31,32)/b19-8+,21-10+. The Balaban J connectivity index is 1.90. The average molecular weight is 472 g/mol. The molecule has 33 heavy (non-hydrogen) atoms. The van der Waals surface area contributed by atoms with Gasteiger partial charge in [-0.3, -0.25) is 0 Å². The summed E-state index contributed by atoms with van der Waals surface area (Å²) in [6.45, 7) is 3.54. The maximum atomic E-state index is 14.0.